The van der Waals surface area contributed by atoms with Gasteiger partial charge in [-0.15, -0.1) is 0 Å². The lowest BCUT2D eigenvalue weighted by molar-refractivity contribution is -0.120. The summed E-state index contributed by atoms with van der Waals surface area (Å²) in [5.74, 6) is 1.86. The first-order valence-corrected chi connectivity index (χ1v) is 10.3. The van der Waals surface area contributed by atoms with Gasteiger partial charge in [-0.2, -0.15) is 0 Å². The minimum Gasteiger partial charge on any atom is -0.497 e. The number of para-hydroxylation sites is 2. The molecule has 1 fully saturated rings. The van der Waals surface area contributed by atoms with Gasteiger partial charge in [-0.25, -0.2) is 9.97 Å². The first kappa shape index (κ1) is 19.9. The van der Waals surface area contributed by atoms with Crippen molar-refractivity contribution in [1.82, 2.24) is 9.97 Å². The third-order valence-corrected chi connectivity index (χ3v) is 5.25. The molecule has 0 spiro atoms. The molecule has 0 aliphatic carbocycles. The summed E-state index contributed by atoms with van der Waals surface area (Å²) in [5.41, 5.74) is 2.38. The molecule has 1 N–H and O–H groups in total. The molecule has 7 nitrogen and oxygen atoms in total. The summed E-state index contributed by atoms with van der Waals surface area (Å²) in [6.07, 6.45) is 1.74. The number of ether oxygens (including phenoxy) is 2. The molecule has 1 saturated heterocycles. The predicted molar refractivity (Wildman–Crippen MR) is 117 cm³/mol. The van der Waals surface area contributed by atoms with E-state index < -0.39 is 0 Å². The van der Waals surface area contributed by atoms with Crippen LogP contribution in [0.25, 0.3) is 11.0 Å². The zero-order chi connectivity index (χ0) is 20.9. The number of carbonyl (C=O) groups is 1. The molecule has 1 aliphatic heterocycles. The second kappa shape index (κ2) is 8.98. The van der Waals surface area contributed by atoms with Gasteiger partial charge in [0.25, 0.3) is 5.88 Å². The Balaban J connectivity index is 1.53. The molecule has 7 heteroatoms. The van der Waals surface area contributed by atoms with Crippen LogP contribution in [0.15, 0.2) is 48.5 Å². The number of hydrogen-bond donors (Lipinski definition) is 1. The summed E-state index contributed by atoms with van der Waals surface area (Å²) in [4.78, 5) is 24.5. The lowest BCUT2D eigenvalue weighted by Crippen LogP contribution is -2.41. The minimum atomic E-state index is -0.136. The van der Waals surface area contributed by atoms with Gasteiger partial charge in [0.15, 0.2) is 5.82 Å². The Morgan fingerprint density at radius 1 is 1.13 bits per heavy atom. The van der Waals surface area contributed by atoms with Crippen molar-refractivity contribution >= 4 is 28.4 Å². The highest BCUT2D eigenvalue weighted by Gasteiger charge is 2.29. The van der Waals surface area contributed by atoms with Gasteiger partial charge in [-0.05, 0) is 56.2 Å². The minimum absolute atomic E-state index is 0.0107. The third kappa shape index (κ3) is 4.30. The number of amides is 1. The number of carbonyl (C=O) groups excluding carboxylic acids is 1. The van der Waals surface area contributed by atoms with Crippen LogP contribution < -0.4 is 19.7 Å². The fourth-order valence-corrected chi connectivity index (χ4v) is 3.72. The maximum absolute atomic E-state index is 12.9. The molecule has 1 aliphatic rings. The van der Waals surface area contributed by atoms with Crippen molar-refractivity contribution in [1.29, 1.82) is 0 Å². The second-order valence-electron chi connectivity index (χ2n) is 7.28. The number of hydrogen-bond acceptors (Lipinski definition) is 6. The first-order chi connectivity index (χ1) is 14.7. The Labute approximate surface area is 176 Å². The smallest absolute Gasteiger partial charge is 0.258 e. The fraction of sp³-hybridized carbons (Fsp3) is 0.348. The summed E-state index contributed by atoms with van der Waals surface area (Å²) >= 11 is 0. The monoisotopic (exact) mass is 406 g/mol. The average Bonchev–Trinajstić information content (AvgIpc) is 2.79. The lowest BCUT2D eigenvalue weighted by Gasteiger charge is -2.33. The van der Waals surface area contributed by atoms with Crippen molar-refractivity contribution in [2.75, 3.05) is 37.0 Å². The van der Waals surface area contributed by atoms with Crippen LogP contribution in [0.2, 0.25) is 0 Å². The number of benzene rings is 2. The van der Waals surface area contributed by atoms with Crippen LogP contribution in [-0.2, 0) is 4.79 Å². The maximum atomic E-state index is 12.9. The normalized spacial score (nSPS) is 16.3. The van der Waals surface area contributed by atoms with E-state index in [1.807, 2.05) is 55.5 Å². The molecule has 0 saturated carbocycles. The number of anilines is 2. The van der Waals surface area contributed by atoms with Crippen molar-refractivity contribution in [2.45, 2.75) is 19.8 Å². The number of aromatic nitrogens is 2. The zero-order valence-corrected chi connectivity index (χ0v) is 17.3. The van der Waals surface area contributed by atoms with Crippen LogP contribution in [-0.4, -0.2) is 42.7 Å². The van der Waals surface area contributed by atoms with Crippen LogP contribution in [0.3, 0.4) is 0 Å². The summed E-state index contributed by atoms with van der Waals surface area (Å²) < 4.78 is 11.0. The van der Waals surface area contributed by atoms with E-state index in [1.165, 1.54) is 0 Å². The van der Waals surface area contributed by atoms with Gasteiger partial charge in [0.1, 0.15) is 5.75 Å². The highest BCUT2D eigenvalue weighted by atomic mass is 16.5. The highest BCUT2D eigenvalue weighted by Crippen LogP contribution is 2.31. The highest BCUT2D eigenvalue weighted by molar-refractivity contribution is 5.93. The molecule has 1 aromatic heterocycles. The molecule has 0 radical (unpaired) electrons. The van der Waals surface area contributed by atoms with Gasteiger partial charge in [-0.3, -0.25) is 4.79 Å². The van der Waals surface area contributed by atoms with E-state index in [-0.39, 0.29) is 11.8 Å². The average molecular weight is 406 g/mol. The zero-order valence-electron chi connectivity index (χ0n) is 17.3. The Kier molecular flexibility index (Phi) is 5.97. The summed E-state index contributed by atoms with van der Waals surface area (Å²) in [5, 5.41) is 3.02. The molecule has 0 bridgehead atoms. The summed E-state index contributed by atoms with van der Waals surface area (Å²) in [6, 6.07) is 15.1. The third-order valence-electron chi connectivity index (χ3n) is 5.25. The van der Waals surface area contributed by atoms with Gasteiger partial charge >= 0.3 is 0 Å². The molecule has 0 unspecified atom stereocenters. The molecule has 4 rings (SSSR count). The summed E-state index contributed by atoms with van der Waals surface area (Å²) in [7, 11) is 1.62. The van der Waals surface area contributed by atoms with Crippen molar-refractivity contribution in [3.63, 3.8) is 0 Å². The Morgan fingerprint density at radius 3 is 2.57 bits per heavy atom. The van der Waals surface area contributed by atoms with E-state index >= 15 is 0 Å². The molecule has 1 amide bonds. The van der Waals surface area contributed by atoms with Crippen molar-refractivity contribution < 1.29 is 14.3 Å². The number of piperidine rings is 1. The van der Waals surface area contributed by atoms with Crippen LogP contribution >= 0.6 is 0 Å². The van der Waals surface area contributed by atoms with Crippen LogP contribution in [0.1, 0.15) is 19.8 Å². The molecular formula is C23H26N4O3. The topological polar surface area (TPSA) is 76.6 Å². The van der Waals surface area contributed by atoms with Crippen LogP contribution in [0, 0.1) is 5.92 Å². The quantitative estimate of drug-likeness (QED) is 0.669. The molecule has 1 atom stereocenters. The number of fused-ring (bicyclic) bond motifs is 1. The molecule has 3 aromatic rings. The van der Waals surface area contributed by atoms with Crippen molar-refractivity contribution in [2.24, 2.45) is 5.92 Å². The van der Waals surface area contributed by atoms with E-state index in [0.717, 1.165) is 41.9 Å². The van der Waals surface area contributed by atoms with Crippen molar-refractivity contribution in [3.05, 3.63) is 48.5 Å². The number of methoxy groups -OCH3 is 1. The largest absolute Gasteiger partial charge is 0.497 e. The first-order valence-electron chi connectivity index (χ1n) is 10.3. The van der Waals surface area contributed by atoms with Gasteiger partial charge in [-0.1, -0.05) is 12.1 Å². The predicted octanol–water partition coefficient (Wildman–Crippen LogP) is 3.89. The molecule has 30 heavy (non-hydrogen) atoms. The standard InChI is InChI=1S/C23H26N4O3/c1-3-30-23-21(25-19-8-4-5-9-20(19)26-23)27-14-6-7-16(15-27)22(28)24-17-10-12-18(29-2)13-11-17/h4-5,8-13,16H,3,6-7,14-15H2,1-2H3,(H,24,28)/t16-/m1/s1. The molecule has 156 valence electrons. The molecular weight excluding hydrogens is 380 g/mol. The maximum Gasteiger partial charge on any atom is 0.258 e. The number of nitrogens with one attached hydrogen (secondary N) is 1. The van der Waals surface area contributed by atoms with E-state index in [4.69, 9.17) is 14.5 Å². The Hall–Kier alpha value is -3.35. The SMILES string of the molecule is CCOc1nc2ccccc2nc1N1CCC[C@@H](C(=O)Nc2ccc(OC)cc2)C1. The number of nitrogens with zero attached hydrogens (tertiary/aromatic N) is 3. The van der Waals surface area contributed by atoms with Gasteiger partial charge in [0.05, 0.1) is 30.7 Å². The van der Waals surface area contributed by atoms with E-state index in [1.54, 1.807) is 7.11 Å². The van der Waals surface area contributed by atoms with Crippen LogP contribution in [0.4, 0.5) is 11.5 Å². The van der Waals surface area contributed by atoms with Gasteiger partial charge in [0, 0.05) is 18.8 Å². The van der Waals surface area contributed by atoms with E-state index in [9.17, 15) is 4.79 Å². The molecule has 2 aromatic carbocycles. The van der Waals surface area contributed by atoms with Crippen molar-refractivity contribution in [3.8, 4) is 11.6 Å². The Morgan fingerprint density at radius 2 is 1.87 bits per heavy atom. The Bertz CT molecular complexity index is 1020. The van der Waals surface area contributed by atoms with E-state index in [0.29, 0.717) is 24.8 Å². The fourth-order valence-electron chi connectivity index (χ4n) is 3.72. The van der Waals surface area contributed by atoms with Crippen LogP contribution in [0.5, 0.6) is 11.6 Å². The van der Waals surface area contributed by atoms with E-state index in [2.05, 4.69) is 15.2 Å². The summed E-state index contributed by atoms with van der Waals surface area (Å²) in [6.45, 7) is 3.84. The van der Waals surface area contributed by atoms with Gasteiger partial charge in [0.2, 0.25) is 5.91 Å². The second-order valence-corrected chi connectivity index (χ2v) is 7.28. The van der Waals surface area contributed by atoms with Gasteiger partial charge < -0.3 is 19.7 Å². The number of rotatable bonds is 6. The lowest BCUT2D eigenvalue weighted by atomic mass is 9.97. The molecule has 2 heterocycles.